The summed E-state index contributed by atoms with van der Waals surface area (Å²) in [4.78, 5) is 38.3. The molecular weight excluding hydrogens is 389 g/mol. The van der Waals surface area contributed by atoms with Crippen molar-refractivity contribution in [2.75, 3.05) is 11.1 Å². The minimum Gasteiger partial charge on any atom is -0.368 e. The van der Waals surface area contributed by atoms with Gasteiger partial charge in [0.1, 0.15) is 11.9 Å². The van der Waals surface area contributed by atoms with Crippen LogP contribution in [0.4, 0.5) is 26.8 Å². The zero-order valence-electron chi connectivity index (χ0n) is 15.7. The Morgan fingerprint density at radius 3 is 2.50 bits per heavy atom. The normalized spacial score (nSPS) is 15.9. The molecule has 1 aliphatic heterocycles. The Bertz CT molecular complexity index is 1080. The Morgan fingerprint density at radius 1 is 1.03 bits per heavy atom. The van der Waals surface area contributed by atoms with E-state index in [0.717, 1.165) is 10.5 Å². The maximum atomic E-state index is 13.1. The maximum absolute atomic E-state index is 13.1. The molecule has 3 aromatic rings. The molecule has 1 atom stereocenters. The van der Waals surface area contributed by atoms with Gasteiger partial charge in [-0.1, -0.05) is 30.3 Å². The van der Waals surface area contributed by atoms with Gasteiger partial charge in [-0.3, -0.25) is 9.69 Å². The van der Waals surface area contributed by atoms with Crippen LogP contribution in [0.3, 0.4) is 0 Å². The standard InChI is InChI=1S/C20H18FN7O2/c21-13-6-8-14(9-7-13)23-19-26-16(25-18(22)27-19)11-28-17(29)15(24-20(28)30)10-12-4-2-1-3-5-12/h1-9,15H,10-11H2,(H,24,30)(H3,22,23,25,26,27)/t15-/m1/s1. The summed E-state index contributed by atoms with van der Waals surface area (Å²) in [7, 11) is 0. The molecular formula is C20H18FN7O2. The number of imide groups is 1. The lowest BCUT2D eigenvalue weighted by molar-refractivity contribution is -0.127. The van der Waals surface area contributed by atoms with Gasteiger partial charge in [-0.05, 0) is 29.8 Å². The average molecular weight is 407 g/mol. The molecule has 152 valence electrons. The number of amides is 3. The fourth-order valence-electron chi connectivity index (χ4n) is 3.08. The van der Waals surface area contributed by atoms with Crippen LogP contribution in [0.5, 0.6) is 0 Å². The van der Waals surface area contributed by atoms with Crippen molar-refractivity contribution in [1.29, 1.82) is 0 Å². The number of nitrogens with one attached hydrogen (secondary N) is 2. The van der Waals surface area contributed by atoms with Gasteiger partial charge in [0, 0.05) is 12.1 Å². The molecule has 4 rings (SSSR count). The van der Waals surface area contributed by atoms with Gasteiger partial charge in [0.05, 0.1) is 6.54 Å². The number of anilines is 3. The molecule has 1 aliphatic rings. The van der Waals surface area contributed by atoms with Crippen LogP contribution < -0.4 is 16.4 Å². The second-order valence-electron chi connectivity index (χ2n) is 6.68. The number of nitrogens with zero attached hydrogens (tertiary/aromatic N) is 4. The van der Waals surface area contributed by atoms with Crippen LogP contribution in [-0.4, -0.2) is 37.8 Å². The van der Waals surface area contributed by atoms with Gasteiger partial charge in [-0.25, -0.2) is 9.18 Å². The van der Waals surface area contributed by atoms with E-state index < -0.39 is 12.1 Å². The lowest BCUT2D eigenvalue weighted by Crippen LogP contribution is -2.32. The third kappa shape index (κ3) is 4.32. The highest BCUT2D eigenvalue weighted by molar-refractivity contribution is 6.04. The molecule has 4 N–H and O–H groups in total. The first-order valence-electron chi connectivity index (χ1n) is 9.17. The predicted octanol–water partition coefficient (Wildman–Crippen LogP) is 2.00. The van der Waals surface area contributed by atoms with Crippen molar-refractivity contribution in [3.63, 3.8) is 0 Å². The van der Waals surface area contributed by atoms with E-state index >= 15 is 0 Å². The van der Waals surface area contributed by atoms with Gasteiger partial charge < -0.3 is 16.4 Å². The number of halogens is 1. The number of rotatable bonds is 6. The summed E-state index contributed by atoms with van der Waals surface area (Å²) in [6.45, 7) is -0.152. The molecule has 0 aliphatic carbocycles. The first-order valence-corrected chi connectivity index (χ1v) is 9.17. The zero-order chi connectivity index (χ0) is 21.1. The van der Waals surface area contributed by atoms with Crippen molar-refractivity contribution in [2.24, 2.45) is 0 Å². The Labute approximate surface area is 171 Å². The number of nitrogen functional groups attached to an aromatic ring is 1. The summed E-state index contributed by atoms with van der Waals surface area (Å²) >= 11 is 0. The number of hydrogen-bond donors (Lipinski definition) is 3. The van der Waals surface area contributed by atoms with Gasteiger partial charge in [0.15, 0.2) is 5.82 Å². The summed E-state index contributed by atoms with van der Waals surface area (Å²) in [6, 6.07) is 13.8. The van der Waals surface area contributed by atoms with Crippen LogP contribution in [-0.2, 0) is 17.8 Å². The Hall–Kier alpha value is -4.08. The van der Waals surface area contributed by atoms with E-state index in [0.29, 0.717) is 12.1 Å². The monoisotopic (exact) mass is 407 g/mol. The lowest BCUT2D eigenvalue weighted by atomic mass is 10.1. The summed E-state index contributed by atoms with van der Waals surface area (Å²) in [6.07, 6.45) is 0.388. The van der Waals surface area contributed by atoms with E-state index in [1.54, 1.807) is 0 Å². The molecule has 1 fully saturated rings. The average Bonchev–Trinajstić information content (AvgIpc) is 2.97. The van der Waals surface area contributed by atoms with E-state index in [1.165, 1.54) is 24.3 Å². The molecule has 2 heterocycles. The van der Waals surface area contributed by atoms with E-state index in [4.69, 9.17) is 5.73 Å². The smallest absolute Gasteiger partial charge is 0.325 e. The minimum absolute atomic E-state index is 0.0718. The topological polar surface area (TPSA) is 126 Å². The SMILES string of the molecule is Nc1nc(CN2C(=O)N[C@H](Cc3ccccc3)C2=O)nc(Nc2ccc(F)cc2)n1. The molecule has 9 nitrogen and oxygen atoms in total. The van der Waals surface area contributed by atoms with Crippen LogP contribution in [0.1, 0.15) is 11.4 Å². The van der Waals surface area contributed by atoms with Crippen LogP contribution in [0.2, 0.25) is 0 Å². The van der Waals surface area contributed by atoms with E-state index in [9.17, 15) is 14.0 Å². The number of carbonyl (C=O) groups excluding carboxylic acids is 2. The molecule has 0 radical (unpaired) electrons. The molecule has 0 unspecified atom stereocenters. The molecule has 10 heteroatoms. The quantitative estimate of drug-likeness (QED) is 0.534. The molecule has 30 heavy (non-hydrogen) atoms. The number of urea groups is 1. The van der Waals surface area contributed by atoms with Crippen molar-refractivity contribution < 1.29 is 14.0 Å². The number of benzene rings is 2. The number of hydrogen-bond acceptors (Lipinski definition) is 7. The van der Waals surface area contributed by atoms with Gasteiger partial charge in [-0.15, -0.1) is 0 Å². The van der Waals surface area contributed by atoms with Crippen molar-refractivity contribution in [3.05, 3.63) is 71.8 Å². The third-order valence-electron chi connectivity index (χ3n) is 4.49. The summed E-state index contributed by atoms with van der Waals surface area (Å²) in [5, 5.41) is 5.57. The van der Waals surface area contributed by atoms with Crippen LogP contribution in [0, 0.1) is 5.82 Å². The summed E-state index contributed by atoms with van der Waals surface area (Å²) in [5.74, 6) is -0.540. The van der Waals surface area contributed by atoms with Gasteiger partial charge in [0.2, 0.25) is 11.9 Å². The van der Waals surface area contributed by atoms with Crippen molar-refractivity contribution in [2.45, 2.75) is 19.0 Å². The highest BCUT2D eigenvalue weighted by Gasteiger charge is 2.38. The highest BCUT2D eigenvalue weighted by atomic mass is 19.1. The number of nitrogens with two attached hydrogens (primary N) is 1. The molecule has 2 aromatic carbocycles. The minimum atomic E-state index is -0.657. The molecule has 0 spiro atoms. The lowest BCUT2D eigenvalue weighted by Gasteiger charge is -2.13. The fraction of sp³-hybridized carbons (Fsp3) is 0.150. The first kappa shape index (κ1) is 19.2. The second kappa shape index (κ2) is 8.11. The van der Waals surface area contributed by atoms with Crippen LogP contribution >= 0.6 is 0 Å². The largest absolute Gasteiger partial charge is 0.368 e. The van der Waals surface area contributed by atoms with Crippen molar-refractivity contribution >= 4 is 29.5 Å². The predicted molar refractivity (Wildman–Crippen MR) is 107 cm³/mol. The van der Waals surface area contributed by atoms with E-state index in [1.807, 2.05) is 30.3 Å². The summed E-state index contributed by atoms with van der Waals surface area (Å²) in [5.41, 5.74) is 7.23. The third-order valence-corrected chi connectivity index (χ3v) is 4.49. The van der Waals surface area contributed by atoms with E-state index in [-0.39, 0.29) is 36.0 Å². The second-order valence-corrected chi connectivity index (χ2v) is 6.68. The number of carbonyl (C=O) groups is 2. The van der Waals surface area contributed by atoms with E-state index in [2.05, 4.69) is 25.6 Å². The Morgan fingerprint density at radius 2 is 1.77 bits per heavy atom. The molecule has 1 aromatic heterocycles. The maximum Gasteiger partial charge on any atom is 0.325 e. The number of aromatic nitrogens is 3. The van der Waals surface area contributed by atoms with Crippen LogP contribution in [0.25, 0.3) is 0 Å². The van der Waals surface area contributed by atoms with Gasteiger partial charge in [-0.2, -0.15) is 15.0 Å². The van der Waals surface area contributed by atoms with Crippen molar-refractivity contribution in [1.82, 2.24) is 25.2 Å². The Kier molecular flexibility index (Phi) is 5.21. The first-order chi connectivity index (χ1) is 14.5. The van der Waals surface area contributed by atoms with Crippen LogP contribution in [0.15, 0.2) is 54.6 Å². The molecule has 3 amide bonds. The molecule has 0 saturated carbocycles. The van der Waals surface area contributed by atoms with Gasteiger partial charge in [0.25, 0.3) is 5.91 Å². The van der Waals surface area contributed by atoms with Gasteiger partial charge >= 0.3 is 6.03 Å². The highest BCUT2D eigenvalue weighted by Crippen LogP contribution is 2.17. The fourth-order valence-corrected chi connectivity index (χ4v) is 3.08. The summed E-state index contributed by atoms with van der Waals surface area (Å²) < 4.78 is 13.1. The molecule has 1 saturated heterocycles. The zero-order valence-corrected chi connectivity index (χ0v) is 15.7. The van der Waals surface area contributed by atoms with Crippen molar-refractivity contribution in [3.8, 4) is 0 Å². The molecule has 0 bridgehead atoms. The Balaban J connectivity index is 1.48.